The van der Waals surface area contributed by atoms with Gasteiger partial charge in [-0.25, -0.2) is 0 Å². The predicted molar refractivity (Wildman–Crippen MR) is 143 cm³/mol. The Morgan fingerprint density at radius 3 is 2.57 bits per heavy atom. The predicted octanol–water partition coefficient (Wildman–Crippen LogP) is 8.10. The molecule has 2 aliphatic carbocycles. The second-order valence-electron chi connectivity index (χ2n) is 10.5. The van der Waals surface area contributed by atoms with E-state index in [1.54, 1.807) is 6.07 Å². The van der Waals surface area contributed by atoms with E-state index in [0.29, 0.717) is 18.0 Å². The Morgan fingerprint density at radius 2 is 1.81 bits per heavy atom. The molecule has 1 aromatic heterocycles. The SMILES string of the molecule is Cc1cc(Nc2cc(OCCCNC34CCCC(CCC3)C4)cc(C(F)(F)F)c2)c2ccccc2n1.[CH2]. The summed E-state index contributed by atoms with van der Waals surface area (Å²) in [6.07, 6.45) is 5.30. The van der Waals surface area contributed by atoms with Crippen molar-refractivity contribution in [3.63, 3.8) is 0 Å². The molecule has 4 nitrogen and oxygen atoms in total. The molecule has 1 heterocycles. The number of anilines is 2. The molecule has 0 unspecified atom stereocenters. The van der Waals surface area contributed by atoms with Gasteiger partial charge in [-0.1, -0.05) is 51.3 Å². The Labute approximate surface area is 218 Å². The molecule has 0 saturated heterocycles. The first kappa shape index (κ1) is 27.2. The number of halogens is 3. The van der Waals surface area contributed by atoms with Crippen LogP contribution in [0.15, 0.2) is 48.5 Å². The van der Waals surface area contributed by atoms with Crippen LogP contribution >= 0.6 is 0 Å². The van der Waals surface area contributed by atoms with Crippen LogP contribution in [-0.2, 0) is 6.18 Å². The van der Waals surface area contributed by atoms with Crippen LogP contribution in [0.4, 0.5) is 24.5 Å². The zero-order chi connectivity index (χ0) is 25.2. The van der Waals surface area contributed by atoms with Gasteiger partial charge < -0.3 is 15.4 Å². The lowest BCUT2D eigenvalue weighted by Crippen LogP contribution is -2.51. The highest BCUT2D eigenvalue weighted by Gasteiger charge is 2.38. The van der Waals surface area contributed by atoms with Crippen molar-refractivity contribution in [3.05, 3.63) is 67.2 Å². The van der Waals surface area contributed by atoms with E-state index in [4.69, 9.17) is 4.74 Å². The molecule has 0 spiro atoms. The van der Waals surface area contributed by atoms with E-state index in [-0.39, 0.29) is 18.7 Å². The summed E-state index contributed by atoms with van der Waals surface area (Å²) in [5.41, 5.74) is 2.16. The number of rotatable bonds is 8. The number of pyridine rings is 1. The summed E-state index contributed by atoms with van der Waals surface area (Å²) in [7, 11) is 0. The highest BCUT2D eigenvalue weighted by Crippen LogP contribution is 2.42. The molecule has 2 bridgehead atoms. The first-order chi connectivity index (χ1) is 17.3. The summed E-state index contributed by atoms with van der Waals surface area (Å²) in [6, 6.07) is 13.3. The Kier molecular flexibility index (Phi) is 8.32. The van der Waals surface area contributed by atoms with Gasteiger partial charge in [0.25, 0.3) is 0 Å². The Hall–Kier alpha value is -2.80. The maximum absolute atomic E-state index is 13.7. The summed E-state index contributed by atoms with van der Waals surface area (Å²) >= 11 is 0. The third-order valence-electron chi connectivity index (χ3n) is 7.66. The number of nitrogens with zero attached hydrogens (tertiary/aromatic N) is 1. The molecule has 0 aliphatic heterocycles. The molecule has 37 heavy (non-hydrogen) atoms. The van der Waals surface area contributed by atoms with Crippen LogP contribution in [0.5, 0.6) is 5.75 Å². The third kappa shape index (κ3) is 6.56. The number of nitrogens with one attached hydrogen (secondary N) is 2. The summed E-state index contributed by atoms with van der Waals surface area (Å²) in [5, 5.41) is 7.80. The number of hydrogen-bond acceptors (Lipinski definition) is 4. The molecular formula is C30H36F3N3O. The van der Waals surface area contributed by atoms with E-state index in [9.17, 15) is 13.2 Å². The molecule has 5 rings (SSSR count). The van der Waals surface area contributed by atoms with Gasteiger partial charge in [0.15, 0.2) is 0 Å². The fourth-order valence-corrected chi connectivity index (χ4v) is 6.04. The molecule has 2 aromatic carbocycles. The smallest absolute Gasteiger partial charge is 0.416 e. The van der Waals surface area contributed by atoms with E-state index >= 15 is 0 Å². The molecular weight excluding hydrogens is 475 g/mol. The average molecular weight is 512 g/mol. The van der Waals surface area contributed by atoms with Gasteiger partial charge >= 0.3 is 6.18 Å². The summed E-state index contributed by atoms with van der Waals surface area (Å²) in [6.45, 7) is 3.05. The normalized spacial score (nSPS) is 21.4. The maximum Gasteiger partial charge on any atom is 0.416 e. The van der Waals surface area contributed by atoms with Crippen LogP contribution in [-0.4, -0.2) is 23.7 Å². The van der Waals surface area contributed by atoms with Crippen molar-refractivity contribution in [3.8, 4) is 5.75 Å². The molecule has 2 aliphatic rings. The van der Waals surface area contributed by atoms with Gasteiger partial charge in [-0.3, -0.25) is 4.98 Å². The van der Waals surface area contributed by atoms with Gasteiger partial charge in [-0.2, -0.15) is 13.2 Å². The van der Waals surface area contributed by atoms with Gasteiger partial charge in [-0.05, 0) is 69.3 Å². The first-order valence-corrected chi connectivity index (χ1v) is 13.0. The lowest BCUT2D eigenvalue weighted by molar-refractivity contribution is -0.137. The average Bonchev–Trinajstić information content (AvgIpc) is 2.83. The minimum atomic E-state index is -4.47. The topological polar surface area (TPSA) is 46.2 Å². The molecule has 2 saturated carbocycles. The molecule has 7 heteroatoms. The molecule has 0 atom stereocenters. The van der Waals surface area contributed by atoms with Crippen LogP contribution in [0.25, 0.3) is 10.9 Å². The van der Waals surface area contributed by atoms with Crippen LogP contribution < -0.4 is 15.4 Å². The zero-order valence-electron chi connectivity index (χ0n) is 21.5. The lowest BCUT2D eigenvalue weighted by Gasteiger charge is -2.46. The number of ether oxygens (including phenoxy) is 1. The number of alkyl halides is 3. The van der Waals surface area contributed by atoms with Gasteiger partial charge in [0.05, 0.1) is 17.7 Å². The highest BCUT2D eigenvalue weighted by atomic mass is 19.4. The summed E-state index contributed by atoms with van der Waals surface area (Å²) < 4.78 is 46.8. The van der Waals surface area contributed by atoms with Gasteiger partial charge in [0.1, 0.15) is 5.75 Å². The fraction of sp³-hybridized carbons (Fsp3) is 0.467. The van der Waals surface area contributed by atoms with Crippen molar-refractivity contribution in [2.75, 3.05) is 18.5 Å². The molecule has 198 valence electrons. The quantitative estimate of drug-likeness (QED) is 0.300. The third-order valence-corrected chi connectivity index (χ3v) is 7.66. The molecule has 2 radical (unpaired) electrons. The summed E-state index contributed by atoms with van der Waals surface area (Å²) in [4.78, 5) is 4.51. The minimum Gasteiger partial charge on any atom is -0.493 e. The van der Waals surface area contributed by atoms with Gasteiger partial charge in [0, 0.05) is 34.1 Å². The van der Waals surface area contributed by atoms with Crippen LogP contribution in [0.3, 0.4) is 0 Å². The van der Waals surface area contributed by atoms with Crippen molar-refractivity contribution in [1.29, 1.82) is 0 Å². The standard InChI is InChI=1S/C29H34F3N3O.CH2/c1-20-15-27(25-9-2-3-10-26(25)34-20)35-23-16-22(29(30,31)32)17-24(18-23)36-14-6-13-33-28-11-4-7-21(19-28)8-5-12-28;/h2-3,9-10,15-18,21,33H,4-8,11-14,19H2,1H3,(H,34,35);1H2. The Morgan fingerprint density at radius 1 is 1.05 bits per heavy atom. The second kappa shape index (κ2) is 11.3. The lowest BCUT2D eigenvalue weighted by atomic mass is 9.67. The number of fused-ring (bicyclic) bond motifs is 3. The van der Waals surface area contributed by atoms with E-state index in [1.807, 2.05) is 37.3 Å². The van der Waals surface area contributed by atoms with Crippen molar-refractivity contribution in [2.45, 2.75) is 70.0 Å². The highest BCUT2D eigenvalue weighted by molar-refractivity contribution is 5.93. The number of para-hydroxylation sites is 1. The van der Waals surface area contributed by atoms with Crippen molar-refractivity contribution >= 4 is 22.3 Å². The Bertz CT molecular complexity index is 1200. The number of aromatic nitrogens is 1. The Balaban J connectivity index is 0.00000320. The van der Waals surface area contributed by atoms with Gasteiger partial charge in [-0.15, -0.1) is 0 Å². The second-order valence-corrected chi connectivity index (χ2v) is 10.5. The largest absolute Gasteiger partial charge is 0.493 e. The van der Waals surface area contributed by atoms with Crippen molar-refractivity contribution in [2.24, 2.45) is 5.92 Å². The fourth-order valence-electron chi connectivity index (χ4n) is 6.04. The number of hydrogen-bond donors (Lipinski definition) is 2. The van der Waals surface area contributed by atoms with E-state index < -0.39 is 11.7 Å². The number of benzene rings is 2. The van der Waals surface area contributed by atoms with Gasteiger partial charge in [0.2, 0.25) is 0 Å². The summed E-state index contributed by atoms with van der Waals surface area (Å²) in [5.74, 6) is 1.07. The molecule has 0 amide bonds. The monoisotopic (exact) mass is 511 g/mol. The first-order valence-electron chi connectivity index (χ1n) is 13.0. The van der Waals surface area contributed by atoms with Crippen LogP contribution in [0.1, 0.15) is 62.6 Å². The van der Waals surface area contributed by atoms with Crippen LogP contribution in [0, 0.1) is 20.3 Å². The van der Waals surface area contributed by atoms with E-state index in [1.165, 1.54) is 44.9 Å². The number of aryl methyl sites for hydroxylation is 1. The zero-order valence-corrected chi connectivity index (χ0v) is 21.5. The molecule has 2 N–H and O–H groups in total. The van der Waals surface area contributed by atoms with E-state index in [0.717, 1.165) is 47.6 Å². The molecule has 2 fully saturated rings. The van der Waals surface area contributed by atoms with E-state index in [2.05, 4.69) is 15.6 Å². The van der Waals surface area contributed by atoms with Crippen molar-refractivity contribution in [1.82, 2.24) is 10.3 Å². The van der Waals surface area contributed by atoms with Crippen molar-refractivity contribution < 1.29 is 17.9 Å². The maximum atomic E-state index is 13.7. The van der Waals surface area contributed by atoms with Crippen LogP contribution in [0.2, 0.25) is 0 Å². The molecule has 3 aromatic rings. The minimum absolute atomic E-state index is 0.